The summed E-state index contributed by atoms with van der Waals surface area (Å²) >= 11 is 4.62. The summed E-state index contributed by atoms with van der Waals surface area (Å²) in [5.41, 5.74) is 4.45. The molecule has 106 valence electrons. The van der Waals surface area contributed by atoms with Gasteiger partial charge in [-0.05, 0) is 18.2 Å². The Labute approximate surface area is 117 Å². The number of hydrogen-bond donors (Lipinski definition) is 2. The molecule has 1 aromatic carbocycles. The Bertz CT molecular complexity index is 613. The van der Waals surface area contributed by atoms with E-state index in [4.69, 9.17) is 5.73 Å². The van der Waals surface area contributed by atoms with Crippen LogP contribution < -0.4 is 11.1 Å². The quantitative estimate of drug-likeness (QED) is 0.844. The van der Waals surface area contributed by atoms with Crippen LogP contribution in [0, 0.1) is 0 Å². The first-order valence-electron chi connectivity index (χ1n) is 5.38. The summed E-state index contributed by atoms with van der Waals surface area (Å²) in [6.07, 6.45) is -3.41. The summed E-state index contributed by atoms with van der Waals surface area (Å²) < 4.78 is 43.3. The van der Waals surface area contributed by atoms with Gasteiger partial charge in [-0.2, -0.15) is 18.2 Å². The van der Waals surface area contributed by atoms with Gasteiger partial charge >= 0.3 is 6.18 Å². The Morgan fingerprint density at radius 3 is 2.70 bits per heavy atom. The van der Waals surface area contributed by atoms with E-state index in [1.54, 1.807) is 0 Å². The van der Waals surface area contributed by atoms with Crippen LogP contribution in [-0.4, -0.2) is 15.1 Å². The normalized spacial score (nSPS) is 11.3. The van der Waals surface area contributed by atoms with E-state index >= 15 is 0 Å². The van der Waals surface area contributed by atoms with Crippen molar-refractivity contribution in [3.63, 3.8) is 0 Å². The Balaban J connectivity index is 2.25. The minimum absolute atomic E-state index is 0.139. The Morgan fingerprint density at radius 2 is 2.15 bits per heavy atom. The van der Waals surface area contributed by atoms with Gasteiger partial charge in [0.25, 0.3) is 0 Å². The van der Waals surface area contributed by atoms with E-state index in [9.17, 15) is 13.2 Å². The topological polar surface area (TPSA) is 77.0 Å². The number of hydrogen-bond acceptors (Lipinski definition) is 5. The van der Waals surface area contributed by atoms with Crippen molar-refractivity contribution in [2.45, 2.75) is 12.7 Å². The summed E-state index contributed by atoms with van der Waals surface area (Å²) in [7, 11) is 0. The minimum atomic E-state index is -4.54. The summed E-state index contributed by atoms with van der Waals surface area (Å²) in [6.45, 7) is 0.139. The van der Waals surface area contributed by atoms with E-state index < -0.39 is 11.7 Å². The molecule has 0 radical (unpaired) electrons. The molecule has 9 heteroatoms. The third kappa shape index (κ3) is 3.23. The molecule has 0 unspecified atom stereocenters. The number of anilines is 1. The van der Waals surface area contributed by atoms with Gasteiger partial charge in [0.05, 0.1) is 12.1 Å². The summed E-state index contributed by atoms with van der Waals surface area (Å²) in [4.78, 5) is 3.44. The van der Waals surface area contributed by atoms with Crippen LogP contribution >= 0.6 is 12.2 Å². The number of rotatable bonds is 4. The van der Waals surface area contributed by atoms with Crippen LogP contribution in [0.25, 0.3) is 0 Å². The first-order chi connectivity index (χ1) is 9.38. The molecule has 3 N–H and O–H groups in total. The van der Waals surface area contributed by atoms with Crippen LogP contribution in [-0.2, 0) is 12.7 Å². The van der Waals surface area contributed by atoms with Crippen LogP contribution in [0.4, 0.5) is 18.9 Å². The molecule has 0 atom stereocenters. The number of halogens is 3. The van der Waals surface area contributed by atoms with Crippen molar-refractivity contribution in [3.05, 3.63) is 41.5 Å². The molecule has 0 aliphatic carbocycles. The van der Waals surface area contributed by atoms with E-state index in [1.807, 2.05) is 0 Å². The van der Waals surface area contributed by atoms with Crippen LogP contribution in [0.2, 0.25) is 0 Å². The summed E-state index contributed by atoms with van der Waals surface area (Å²) in [5.74, 6) is 0.331. The maximum absolute atomic E-state index is 12.9. The maximum atomic E-state index is 12.9. The van der Waals surface area contributed by atoms with Gasteiger partial charge in [0, 0.05) is 11.3 Å². The largest absolute Gasteiger partial charge is 0.417 e. The second kappa shape index (κ2) is 5.45. The Kier molecular flexibility index (Phi) is 3.89. The van der Waals surface area contributed by atoms with E-state index in [1.165, 1.54) is 12.1 Å². The Morgan fingerprint density at radius 1 is 1.40 bits per heavy atom. The van der Waals surface area contributed by atoms with Crippen LogP contribution in [0.15, 0.2) is 29.1 Å². The van der Waals surface area contributed by atoms with Gasteiger partial charge in [-0.25, -0.2) is 0 Å². The van der Waals surface area contributed by atoms with E-state index in [0.29, 0.717) is 5.82 Å². The van der Waals surface area contributed by atoms with Crippen LogP contribution in [0.1, 0.15) is 17.0 Å². The van der Waals surface area contributed by atoms with Gasteiger partial charge in [0.1, 0.15) is 4.99 Å². The van der Waals surface area contributed by atoms with Gasteiger partial charge in [0.15, 0.2) is 5.82 Å². The third-order valence-electron chi connectivity index (χ3n) is 2.45. The predicted octanol–water partition coefficient (Wildman–Crippen LogP) is 2.33. The van der Waals surface area contributed by atoms with Gasteiger partial charge in [-0.3, -0.25) is 0 Å². The van der Waals surface area contributed by atoms with E-state index in [-0.39, 0.29) is 22.8 Å². The maximum Gasteiger partial charge on any atom is 0.417 e. The Hall–Kier alpha value is -2.16. The summed E-state index contributed by atoms with van der Waals surface area (Å²) in [6, 6.07) is 3.61. The lowest BCUT2D eigenvalue weighted by Crippen LogP contribution is -2.18. The SMILES string of the molecule is NC(=S)c1ccc(NCc2ncon2)cc1C(F)(F)F. The van der Waals surface area contributed by atoms with Crippen molar-refractivity contribution in [1.82, 2.24) is 10.1 Å². The third-order valence-corrected chi connectivity index (χ3v) is 2.67. The number of aromatic nitrogens is 2. The number of nitrogens with two attached hydrogens (primary N) is 1. The average Bonchev–Trinajstić information content (AvgIpc) is 2.88. The predicted molar refractivity (Wildman–Crippen MR) is 69.0 cm³/mol. The lowest BCUT2D eigenvalue weighted by molar-refractivity contribution is -0.137. The van der Waals surface area contributed by atoms with Crippen molar-refractivity contribution in [2.24, 2.45) is 5.73 Å². The first-order valence-corrected chi connectivity index (χ1v) is 5.79. The van der Waals surface area contributed by atoms with E-state index in [2.05, 4.69) is 32.2 Å². The molecule has 0 bridgehead atoms. The lowest BCUT2D eigenvalue weighted by atomic mass is 10.1. The van der Waals surface area contributed by atoms with Crippen molar-refractivity contribution < 1.29 is 17.7 Å². The highest BCUT2D eigenvalue weighted by atomic mass is 32.1. The molecule has 1 heterocycles. The lowest BCUT2D eigenvalue weighted by Gasteiger charge is -2.14. The highest BCUT2D eigenvalue weighted by Gasteiger charge is 2.34. The van der Waals surface area contributed by atoms with Crippen LogP contribution in [0.5, 0.6) is 0 Å². The molecular weight excluding hydrogens is 293 g/mol. The fraction of sp³-hybridized carbons (Fsp3) is 0.182. The molecule has 0 aliphatic heterocycles. The first kappa shape index (κ1) is 14.3. The van der Waals surface area contributed by atoms with Gasteiger partial charge in [-0.1, -0.05) is 17.4 Å². The van der Waals surface area contributed by atoms with Crippen molar-refractivity contribution in [1.29, 1.82) is 0 Å². The van der Waals surface area contributed by atoms with Gasteiger partial charge in [-0.15, -0.1) is 0 Å². The molecule has 1 aromatic heterocycles. The highest BCUT2D eigenvalue weighted by molar-refractivity contribution is 7.80. The van der Waals surface area contributed by atoms with E-state index in [0.717, 1.165) is 12.5 Å². The second-order valence-electron chi connectivity index (χ2n) is 3.82. The average molecular weight is 302 g/mol. The molecule has 0 saturated carbocycles. The number of thiocarbonyl (C=S) groups is 1. The molecule has 0 aliphatic rings. The molecule has 0 spiro atoms. The molecule has 0 fully saturated rings. The molecule has 2 aromatic rings. The standard InChI is InChI=1S/C11H9F3N4OS/c12-11(13,14)8-3-6(1-2-7(8)10(15)20)16-4-9-17-5-19-18-9/h1-3,5,16H,4H2,(H2,15,20). The number of benzene rings is 1. The number of alkyl halides is 3. The minimum Gasteiger partial charge on any atom is -0.389 e. The zero-order chi connectivity index (χ0) is 14.8. The smallest absolute Gasteiger partial charge is 0.389 e. The molecule has 2 rings (SSSR count). The fourth-order valence-corrected chi connectivity index (χ4v) is 1.73. The van der Waals surface area contributed by atoms with Crippen LogP contribution in [0.3, 0.4) is 0 Å². The zero-order valence-corrected chi connectivity index (χ0v) is 10.8. The molecule has 20 heavy (non-hydrogen) atoms. The van der Waals surface area contributed by atoms with Crippen molar-refractivity contribution in [2.75, 3.05) is 5.32 Å². The number of nitrogens with one attached hydrogen (secondary N) is 1. The molecule has 0 amide bonds. The summed E-state index contributed by atoms with van der Waals surface area (Å²) in [5, 5.41) is 6.29. The highest BCUT2D eigenvalue weighted by Crippen LogP contribution is 2.33. The number of nitrogens with zero attached hydrogens (tertiary/aromatic N) is 2. The molecule has 5 nitrogen and oxygen atoms in total. The van der Waals surface area contributed by atoms with Gasteiger partial charge in [0.2, 0.25) is 6.39 Å². The van der Waals surface area contributed by atoms with Crippen molar-refractivity contribution >= 4 is 22.9 Å². The van der Waals surface area contributed by atoms with Gasteiger partial charge < -0.3 is 15.6 Å². The molecule has 0 saturated heterocycles. The fourth-order valence-electron chi connectivity index (χ4n) is 1.56. The molecular formula is C11H9F3N4OS. The zero-order valence-electron chi connectivity index (χ0n) is 9.94. The van der Waals surface area contributed by atoms with Crippen molar-refractivity contribution in [3.8, 4) is 0 Å². The monoisotopic (exact) mass is 302 g/mol. The second-order valence-corrected chi connectivity index (χ2v) is 4.26.